The lowest BCUT2D eigenvalue weighted by Gasteiger charge is -2.19. The van der Waals surface area contributed by atoms with Crippen LogP contribution in [-0.4, -0.2) is 64.4 Å². The summed E-state index contributed by atoms with van der Waals surface area (Å²) in [5.74, 6) is -1.88. The zero-order chi connectivity index (χ0) is 14.8. The SMILES string of the molecule is CN(CC(=O)O)CC(=O)O.OB(O)C1CCCCC1. The van der Waals surface area contributed by atoms with Crippen LogP contribution in [0.5, 0.6) is 0 Å². The second-order valence-corrected chi connectivity index (χ2v) is 4.77. The molecule has 0 aromatic rings. The lowest BCUT2D eigenvalue weighted by Crippen LogP contribution is -2.30. The molecule has 0 radical (unpaired) electrons. The molecule has 1 aliphatic rings. The zero-order valence-corrected chi connectivity index (χ0v) is 11.2. The Morgan fingerprint density at radius 2 is 1.47 bits per heavy atom. The first-order valence-electron chi connectivity index (χ1n) is 6.31. The predicted molar refractivity (Wildman–Crippen MR) is 69.8 cm³/mol. The van der Waals surface area contributed by atoms with Crippen LogP contribution in [0.1, 0.15) is 32.1 Å². The molecule has 0 aromatic carbocycles. The Bertz CT molecular complexity index is 264. The quantitative estimate of drug-likeness (QED) is 0.516. The van der Waals surface area contributed by atoms with Crippen LogP contribution in [0.3, 0.4) is 0 Å². The number of carboxylic acids is 2. The molecule has 0 atom stereocenters. The molecular weight excluding hydrogens is 253 g/mol. The van der Waals surface area contributed by atoms with E-state index in [1.807, 2.05) is 0 Å². The van der Waals surface area contributed by atoms with Crippen molar-refractivity contribution in [1.82, 2.24) is 4.90 Å². The van der Waals surface area contributed by atoms with Crippen LogP contribution < -0.4 is 0 Å². The Kier molecular flexibility index (Phi) is 9.19. The number of hydrogen-bond acceptors (Lipinski definition) is 5. The van der Waals surface area contributed by atoms with Crippen LogP contribution in [0.25, 0.3) is 0 Å². The van der Waals surface area contributed by atoms with E-state index in [2.05, 4.69) is 0 Å². The van der Waals surface area contributed by atoms with E-state index >= 15 is 0 Å². The summed E-state index contributed by atoms with van der Waals surface area (Å²) in [6, 6.07) is 0. The van der Waals surface area contributed by atoms with Gasteiger partial charge in [0.2, 0.25) is 0 Å². The molecule has 19 heavy (non-hydrogen) atoms. The molecule has 0 amide bonds. The molecule has 1 saturated carbocycles. The van der Waals surface area contributed by atoms with Gasteiger partial charge in [-0.1, -0.05) is 32.1 Å². The number of carbonyl (C=O) groups is 2. The van der Waals surface area contributed by atoms with Crippen LogP contribution in [0.4, 0.5) is 0 Å². The number of rotatable bonds is 5. The summed E-state index contributed by atoms with van der Waals surface area (Å²) in [4.78, 5) is 21.1. The largest absolute Gasteiger partial charge is 0.480 e. The van der Waals surface area contributed by atoms with Crippen molar-refractivity contribution in [3.05, 3.63) is 0 Å². The Morgan fingerprint density at radius 3 is 1.74 bits per heavy atom. The molecule has 0 unspecified atom stereocenters. The topological polar surface area (TPSA) is 118 Å². The summed E-state index contributed by atoms with van der Waals surface area (Å²) in [7, 11) is 0.368. The molecule has 1 aliphatic carbocycles. The molecule has 1 fully saturated rings. The molecule has 0 aromatic heterocycles. The van der Waals surface area contributed by atoms with Crippen molar-refractivity contribution in [2.45, 2.75) is 37.9 Å². The Balaban J connectivity index is 0.000000342. The standard InChI is InChI=1S/C6H13BO2.C5H9NO4/c8-7(9)6-4-2-1-3-5-6;1-6(2-4(7)8)3-5(9)10/h6,8-9H,1-5H2;2-3H2,1H3,(H,7,8)(H,9,10). The van der Waals surface area contributed by atoms with Gasteiger partial charge in [-0.15, -0.1) is 0 Å². The van der Waals surface area contributed by atoms with Gasteiger partial charge in [-0.25, -0.2) is 0 Å². The van der Waals surface area contributed by atoms with Gasteiger partial charge in [0, 0.05) is 0 Å². The third kappa shape index (κ3) is 10.5. The average molecular weight is 275 g/mol. The van der Waals surface area contributed by atoms with Gasteiger partial charge < -0.3 is 20.3 Å². The fourth-order valence-corrected chi connectivity index (χ4v) is 1.95. The first-order chi connectivity index (χ1) is 8.82. The van der Waals surface area contributed by atoms with Gasteiger partial charge in [-0.2, -0.15) is 0 Å². The fraction of sp³-hybridized carbons (Fsp3) is 0.818. The molecule has 0 spiro atoms. The summed E-state index contributed by atoms with van der Waals surface area (Å²) < 4.78 is 0. The molecular formula is C11H22BNO6. The van der Waals surface area contributed by atoms with Gasteiger partial charge in [0.15, 0.2) is 0 Å². The number of carboxylic acid groups (broad SMARTS) is 2. The molecule has 4 N–H and O–H groups in total. The maximum absolute atomic E-state index is 9.96. The predicted octanol–water partition coefficient (Wildman–Crippen LogP) is -0.119. The lowest BCUT2D eigenvalue weighted by molar-refractivity contribution is -0.141. The first kappa shape index (κ1) is 17.9. The maximum Gasteiger partial charge on any atom is 0.454 e. The molecule has 0 bridgehead atoms. The van der Waals surface area contributed by atoms with E-state index in [-0.39, 0.29) is 18.9 Å². The lowest BCUT2D eigenvalue weighted by atomic mass is 9.65. The Hall–Kier alpha value is -1.12. The monoisotopic (exact) mass is 275 g/mol. The third-order valence-corrected chi connectivity index (χ3v) is 2.88. The van der Waals surface area contributed by atoms with Crippen molar-refractivity contribution >= 4 is 19.1 Å². The summed E-state index contributed by atoms with van der Waals surface area (Å²) >= 11 is 0. The van der Waals surface area contributed by atoms with E-state index in [4.69, 9.17) is 20.3 Å². The van der Waals surface area contributed by atoms with E-state index < -0.39 is 19.1 Å². The molecule has 0 saturated heterocycles. The first-order valence-corrected chi connectivity index (χ1v) is 6.31. The number of hydrogen-bond donors (Lipinski definition) is 4. The molecule has 8 heteroatoms. The van der Waals surface area contributed by atoms with Gasteiger partial charge in [0.1, 0.15) is 0 Å². The molecule has 0 heterocycles. The van der Waals surface area contributed by atoms with Crippen LogP contribution in [0.2, 0.25) is 5.82 Å². The molecule has 7 nitrogen and oxygen atoms in total. The van der Waals surface area contributed by atoms with Gasteiger partial charge in [0.25, 0.3) is 0 Å². The molecule has 110 valence electrons. The van der Waals surface area contributed by atoms with Crippen LogP contribution in [-0.2, 0) is 9.59 Å². The number of nitrogens with zero attached hydrogens (tertiary/aromatic N) is 1. The van der Waals surface area contributed by atoms with E-state index in [1.54, 1.807) is 0 Å². The van der Waals surface area contributed by atoms with Crippen LogP contribution in [0.15, 0.2) is 0 Å². The van der Waals surface area contributed by atoms with Crippen LogP contribution in [0, 0.1) is 0 Å². The van der Waals surface area contributed by atoms with Crippen molar-refractivity contribution in [2.75, 3.05) is 20.1 Å². The minimum atomic E-state index is -1.06. The van der Waals surface area contributed by atoms with Crippen molar-refractivity contribution in [3.63, 3.8) is 0 Å². The molecule has 0 aliphatic heterocycles. The summed E-state index contributed by atoms with van der Waals surface area (Å²) in [5, 5.41) is 33.8. The van der Waals surface area contributed by atoms with Crippen molar-refractivity contribution in [2.24, 2.45) is 0 Å². The Morgan fingerprint density at radius 1 is 1.05 bits per heavy atom. The van der Waals surface area contributed by atoms with Crippen molar-refractivity contribution in [1.29, 1.82) is 0 Å². The third-order valence-electron chi connectivity index (χ3n) is 2.88. The zero-order valence-electron chi connectivity index (χ0n) is 11.2. The smallest absolute Gasteiger partial charge is 0.454 e. The van der Waals surface area contributed by atoms with E-state index in [1.165, 1.54) is 31.2 Å². The van der Waals surface area contributed by atoms with Crippen molar-refractivity contribution in [3.8, 4) is 0 Å². The van der Waals surface area contributed by atoms with Gasteiger partial charge >= 0.3 is 19.1 Å². The Labute approximate surface area is 113 Å². The summed E-state index contributed by atoms with van der Waals surface area (Å²) in [5.41, 5.74) is 0. The van der Waals surface area contributed by atoms with Crippen molar-refractivity contribution < 1.29 is 29.9 Å². The minimum absolute atomic E-state index is 0.166. The summed E-state index contributed by atoms with van der Waals surface area (Å²) in [6.07, 6.45) is 5.60. The van der Waals surface area contributed by atoms with Gasteiger partial charge in [-0.05, 0) is 12.9 Å². The van der Waals surface area contributed by atoms with E-state index in [0.717, 1.165) is 12.8 Å². The van der Waals surface area contributed by atoms with E-state index in [0.29, 0.717) is 0 Å². The fourth-order valence-electron chi connectivity index (χ4n) is 1.95. The molecule has 1 rings (SSSR count). The minimum Gasteiger partial charge on any atom is -0.480 e. The second kappa shape index (κ2) is 9.77. The van der Waals surface area contributed by atoms with Gasteiger partial charge in [0.05, 0.1) is 13.1 Å². The van der Waals surface area contributed by atoms with Crippen LogP contribution >= 0.6 is 0 Å². The average Bonchev–Trinajstić information content (AvgIpc) is 2.28. The maximum atomic E-state index is 9.96. The van der Waals surface area contributed by atoms with E-state index in [9.17, 15) is 9.59 Å². The summed E-state index contributed by atoms with van der Waals surface area (Å²) in [6.45, 7) is -0.488. The highest BCUT2D eigenvalue weighted by atomic mass is 16.4. The normalized spacial score (nSPS) is 15.6. The highest BCUT2D eigenvalue weighted by molar-refractivity contribution is 6.43. The highest BCUT2D eigenvalue weighted by Gasteiger charge is 2.24. The second-order valence-electron chi connectivity index (χ2n) is 4.77. The van der Waals surface area contributed by atoms with Gasteiger partial charge in [-0.3, -0.25) is 14.5 Å². The highest BCUT2D eigenvalue weighted by Crippen LogP contribution is 2.29. The number of aliphatic carboxylic acids is 2. The number of likely N-dealkylation sites (N-methyl/N-ethyl adjacent to an activating group) is 1.